The number of thiophene rings is 1. The van der Waals surface area contributed by atoms with Crippen molar-refractivity contribution in [2.24, 2.45) is 0 Å². The zero-order valence-electron chi connectivity index (χ0n) is 8.16. The van der Waals surface area contributed by atoms with Gasteiger partial charge in [-0.2, -0.15) is 4.98 Å². The molecule has 0 saturated carbocycles. The number of nitrogens with zero attached hydrogens (tertiary/aromatic N) is 2. The van der Waals surface area contributed by atoms with Gasteiger partial charge >= 0.3 is 0 Å². The summed E-state index contributed by atoms with van der Waals surface area (Å²) in [5.74, 6) is 1.19. The summed E-state index contributed by atoms with van der Waals surface area (Å²) >= 11 is 7.24. The number of hydrogen-bond acceptors (Lipinski definition) is 5. The quantitative estimate of drug-likeness (QED) is 0.897. The Kier molecular flexibility index (Phi) is 3.35. The number of aromatic nitrogens is 2. The molecular formula is C9H10ClN3OS. The molecule has 2 aromatic rings. The predicted molar refractivity (Wildman–Crippen MR) is 60.0 cm³/mol. The maximum absolute atomic E-state index is 5.82. The molecule has 1 N–H and O–H groups in total. The van der Waals surface area contributed by atoms with Crippen LogP contribution in [0, 0.1) is 0 Å². The van der Waals surface area contributed by atoms with Crippen LogP contribution in [0.15, 0.2) is 16.7 Å². The SMILES string of the molecule is CCNCc1noc(-c2ccc(Cl)s2)n1. The molecule has 4 nitrogen and oxygen atoms in total. The van der Waals surface area contributed by atoms with Gasteiger partial charge in [-0.15, -0.1) is 11.3 Å². The molecule has 2 heterocycles. The van der Waals surface area contributed by atoms with Gasteiger partial charge in [0.1, 0.15) is 0 Å². The van der Waals surface area contributed by atoms with Gasteiger partial charge in [-0.3, -0.25) is 0 Å². The van der Waals surface area contributed by atoms with Crippen molar-refractivity contribution in [1.29, 1.82) is 0 Å². The van der Waals surface area contributed by atoms with E-state index in [-0.39, 0.29) is 0 Å². The van der Waals surface area contributed by atoms with E-state index >= 15 is 0 Å². The Hall–Kier alpha value is -0.910. The van der Waals surface area contributed by atoms with Crippen molar-refractivity contribution >= 4 is 22.9 Å². The first-order chi connectivity index (χ1) is 7.29. The molecule has 2 aromatic heterocycles. The van der Waals surface area contributed by atoms with Crippen molar-refractivity contribution in [2.75, 3.05) is 6.54 Å². The van der Waals surface area contributed by atoms with Crippen LogP contribution in [0.25, 0.3) is 10.8 Å². The Bertz CT molecular complexity index is 440. The summed E-state index contributed by atoms with van der Waals surface area (Å²) in [4.78, 5) is 5.14. The summed E-state index contributed by atoms with van der Waals surface area (Å²) in [7, 11) is 0. The van der Waals surface area contributed by atoms with Gasteiger partial charge in [-0.05, 0) is 18.7 Å². The molecule has 0 amide bonds. The van der Waals surface area contributed by atoms with E-state index in [0.29, 0.717) is 18.3 Å². The summed E-state index contributed by atoms with van der Waals surface area (Å²) in [6, 6.07) is 3.69. The minimum Gasteiger partial charge on any atom is -0.333 e. The van der Waals surface area contributed by atoms with E-state index in [1.54, 1.807) is 0 Å². The molecule has 0 spiro atoms. The van der Waals surface area contributed by atoms with Gasteiger partial charge in [-0.1, -0.05) is 23.7 Å². The maximum Gasteiger partial charge on any atom is 0.268 e. The van der Waals surface area contributed by atoms with E-state index in [2.05, 4.69) is 15.5 Å². The van der Waals surface area contributed by atoms with E-state index in [1.165, 1.54) is 11.3 Å². The highest BCUT2D eigenvalue weighted by Gasteiger charge is 2.10. The van der Waals surface area contributed by atoms with Crippen LogP contribution in [-0.4, -0.2) is 16.7 Å². The molecule has 15 heavy (non-hydrogen) atoms. The first kappa shape index (κ1) is 10.6. The van der Waals surface area contributed by atoms with Gasteiger partial charge in [0.05, 0.1) is 15.8 Å². The molecule has 0 aliphatic rings. The molecule has 0 saturated heterocycles. The average Bonchev–Trinajstić information content (AvgIpc) is 2.83. The van der Waals surface area contributed by atoms with Crippen LogP contribution >= 0.6 is 22.9 Å². The lowest BCUT2D eigenvalue weighted by molar-refractivity contribution is 0.420. The van der Waals surface area contributed by atoms with Crippen LogP contribution in [-0.2, 0) is 6.54 Å². The molecule has 0 atom stereocenters. The normalized spacial score (nSPS) is 10.8. The van der Waals surface area contributed by atoms with Crippen LogP contribution < -0.4 is 5.32 Å². The van der Waals surface area contributed by atoms with Crippen LogP contribution in [0.3, 0.4) is 0 Å². The highest BCUT2D eigenvalue weighted by Crippen LogP contribution is 2.29. The molecule has 0 unspecified atom stereocenters. The van der Waals surface area contributed by atoms with E-state index < -0.39 is 0 Å². The zero-order valence-corrected chi connectivity index (χ0v) is 9.73. The summed E-state index contributed by atoms with van der Waals surface area (Å²) in [5, 5.41) is 6.98. The Labute approximate surface area is 96.3 Å². The minimum atomic E-state index is 0.528. The van der Waals surface area contributed by atoms with Crippen molar-refractivity contribution in [3.63, 3.8) is 0 Å². The largest absolute Gasteiger partial charge is 0.333 e. The van der Waals surface area contributed by atoms with E-state index in [0.717, 1.165) is 15.8 Å². The second-order valence-electron chi connectivity index (χ2n) is 2.90. The molecule has 80 valence electrons. The van der Waals surface area contributed by atoms with E-state index in [9.17, 15) is 0 Å². The third-order valence-electron chi connectivity index (χ3n) is 1.79. The van der Waals surface area contributed by atoms with E-state index in [1.807, 2.05) is 19.1 Å². The molecule has 6 heteroatoms. The predicted octanol–water partition coefficient (Wildman–Crippen LogP) is 2.56. The third kappa shape index (κ3) is 2.56. The topological polar surface area (TPSA) is 51.0 Å². The Morgan fingerprint density at radius 2 is 2.40 bits per heavy atom. The van der Waals surface area contributed by atoms with Crippen molar-refractivity contribution in [2.45, 2.75) is 13.5 Å². The fourth-order valence-electron chi connectivity index (χ4n) is 1.09. The van der Waals surface area contributed by atoms with Crippen molar-refractivity contribution in [3.05, 3.63) is 22.3 Å². The van der Waals surface area contributed by atoms with Gasteiger partial charge in [0.15, 0.2) is 5.82 Å². The van der Waals surface area contributed by atoms with Gasteiger partial charge in [0.25, 0.3) is 5.89 Å². The Balaban J connectivity index is 2.13. The van der Waals surface area contributed by atoms with Crippen molar-refractivity contribution in [1.82, 2.24) is 15.5 Å². The second-order valence-corrected chi connectivity index (χ2v) is 4.61. The third-order valence-corrected chi connectivity index (χ3v) is 3.00. The van der Waals surface area contributed by atoms with Crippen LogP contribution in [0.5, 0.6) is 0 Å². The first-order valence-electron chi connectivity index (χ1n) is 4.58. The molecule has 0 fully saturated rings. The average molecular weight is 244 g/mol. The minimum absolute atomic E-state index is 0.528. The Morgan fingerprint density at radius 3 is 3.07 bits per heavy atom. The maximum atomic E-state index is 5.82. The highest BCUT2D eigenvalue weighted by atomic mass is 35.5. The van der Waals surface area contributed by atoms with Crippen LogP contribution in [0.4, 0.5) is 0 Å². The lowest BCUT2D eigenvalue weighted by Crippen LogP contribution is -2.12. The number of hydrogen-bond donors (Lipinski definition) is 1. The van der Waals surface area contributed by atoms with Crippen molar-refractivity contribution in [3.8, 4) is 10.8 Å². The van der Waals surface area contributed by atoms with Crippen molar-refractivity contribution < 1.29 is 4.52 Å². The van der Waals surface area contributed by atoms with Crippen LogP contribution in [0.1, 0.15) is 12.7 Å². The fourth-order valence-corrected chi connectivity index (χ4v) is 2.06. The van der Waals surface area contributed by atoms with E-state index in [4.69, 9.17) is 16.1 Å². The number of nitrogens with one attached hydrogen (secondary N) is 1. The lowest BCUT2D eigenvalue weighted by Gasteiger charge is -1.92. The highest BCUT2D eigenvalue weighted by molar-refractivity contribution is 7.19. The van der Waals surface area contributed by atoms with Gasteiger partial charge < -0.3 is 9.84 Å². The summed E-state index contributed by atoms with van der Waals surface area (Å²) < 4.78 is 5.83. The second kappa shape index (κ2) is 4.74. The Morgan fingerprint density at radius 1 is 1.53 bits per heavy atom. The molecule has 0 aliphatic carbocycles. The first-order valence-corrected chi connectivity index (χ1v) is 5.78. The summed E-state index contributed by atoms with van der Waals surface area (Å²) in [6.45, 7) is 3.54. The van der Waals surface area contributed by atoms with Gasteiger partial charge in [0.2, 0.25) is 0 Å². The van der Waals surface area contributed by atoms with Crippen LogP contribution in [0.2, 0.25) is 4.34 Å². The lowest BCUT2D eigenvalue weighted by atomic mass is 10.5. The molecular weight excluding hydrogens is 234 g/mol. The fraction of sp³-hybridized carbons (Fsp3) is 0.333. The smallest absolute Gasteiger partial charge is 0.268 e. The molecule has 0 aliphatic heterocycles. The number of halogens is 1. The monoisotopic (exact) mass is 243 g/mol. The molecule has 0 bridgehead atoms. The standard InChI is InChI=1S/C9H10ClN3OS/c1-2-11-5-8-12-9(14-13-8)6-3-4-7(10)15-6/h3-4,11H,2,5H2,1H3. The summed E-state index contributed by atoms with van der Waals surface area (Å²) in [6.07, 6.45) is 0. The molecule has 0 aromatic carbocycles. The zero-order chi connectivity index (χ0) is 10.7. The molecule has 0 radical (unpaired) electrons. The van der Waals surface area contributed by atoms with Gasteiger partial charge in [-0.25, -0.2) is 0 Å². The summed E-state index contributed by atoms with van der Waals surface area (Å²) in [5.41, 5.74) is 0. The molecule has 2 rings (SSSR count). The number of rotatable bonds is 4. The van der Waals surface area contributed by atoms with Gasteiger partial charge in [0, 0.05) is 0 Å².